The molecule has 8 heteroatoms. The van der Waals surface area contributed by atoms with Crippen LogP contribution in [0.25, 0.3) is 5.76 Å². The molecule has 8 nitrogen and oxygen atoms in total. The largest absolute Gasteiger partial charge is 0.506 e. The maximum absolute atomic E-state index is 13.2. The summed E-state index contributed by atoms with van der Waals surface area (Å²) in [5.41, 5.74) is 0.645. The minimum Gasteiger partial charge on any atom is -0.506 e. The number of nitrogens with zero attached hydrogens (tertiary/aromatic N) is 1. The van der Waals surface area contributed by atoms with Crippen molar-refractivity contribution in [1.82, 2.24) is 4.90 Å². The number of para-hydroxylation sites is 1. The minimum atomic E-state index is -0.880. The summed E-state index contributed by atoms with van der Waals surface area (Å²) >= 11 is 0. The number of carbonyl (C=O) groups excluding carboxylic acids is 2. The van der Waals surface area contributed by atoms with Crippen LogP contribution in [-0.4, -0.2) is 56.7 Å². The molecule has 0 radical (unpaired) electrons. The third kappa shape index (κ3) is 3.72. The third-order valence-corrected chi connectivity index (χ3v) is 5.40. The number of methoxy groups -OCH3 is 4. The van der Waals surface area contributed by atoms with E-state index in [0.29, 0.717) is 41.5 Å². The van der Waals surface area contributed by atoms with Gasteiger partial charge in [0.05, 0.1) is 40.1 Å². The van der Waals surface area contributed by atoms with E-state index < -0.39 is 17.7 Å². The van der Waals surface area contributed by atoms with Crippen molar-refractivity contribution in [2.75, 3.05) is 35.0 Å². The van der Waals surface area contributed by atoms with Gasteiger partial charge in [-0.3, -0.25) is 9.59 Å². The van der Waals surface area contributed by atoms with Crippen LogP contribution in [0.2, 0.25) is 0 Å². The van der Waals surface area contributed by atoms with E-state index in [1.807, 2.05) is 6.92 Å². The Morgan fingerprint density at radius 1 is 0.906 bits per heavy atom. The van der Waals surface area contributed by atoms with Gasteiger partial charge in [0.25, 0.3) is 11.7 Å². The number of ether oxygens (including phenoxy) is 4. The van der Waals surface area contributed by atoms with Crippen molar-refractivity contribution < 1.29 is 33.6 Å². The van der Waals surface area contributed by atoms with Crippen molar-refractivity contribution >= 4 is 17.4 Å². The monoisotopic (exact) mass is 441 g/mol. The number of rotatable bonds is 8. The molecular weight excluding hydrogens is 414 g/mol. The Morgan fingerprint density at radius 3 is 2.00 bits per heavy atom. The molecule has 3 rings (SSSR count). The van der Waals surface area contributed by atoms with E-state index in [1.165, 1.54) is 33.3 Å². The van der Waals surface area contributed by atoms with Crippen molar-refractivity contribution in [2.45, 2.75) is 19.4 Å². The lowest BCUT2D eigenvalue weighted by molar-refractivity contribution is -0.139. The molecule has 2 aromatic carbocycles. The maximum atomic E-state index is 13.2. The second-order valence-electron chi connectivity index (χ2n) is 7.11. The van der Waals surface area contributed by atoms with Crippen molar-refractivity contribution in [3.8, 4) is 23.0 Å². The van der Waals surface area contributed by atoms with Gasteiger partial charge in [-0.1, -0.05) is 25.1 Å². The van der Waals surface area contributed by atoms with Gasteiger partial charge in [-0.05, 0) is 24.6 Å². The highest BCUT2D eigenvalue weighted by atomic mass is 16.5. The zero-order chi connectivity index (χ0) is 23.4. The molecule has 1 aliphatic heterocycles. The van der Waals surface area contributed by atoms with E-state index in [4.69, 9.17) is 18.9 Å². The summed E-state index contributed by atoms with van der Waals surface area (Å²) in [5, 5.41) is 11.4. The highest BCUT2D eigenvalue weighted by Crippen LogP contribution is 2.47. The fourth-order valence-corrected chi connectivity index (χ4v) is 4.02. The van der Waals surface area contributed by atoms with E-state index in [9.17, 15) is 14.7 Å². The van der Waals surface area contributed by atoms with Crippen molar-refractivity contribution in [3.63, 3.8) is 0 Å². The SMILES string of the molecule is CCCN1C(=O)C(=O)/C(=C(/O)c2c(OC)cccc2OC)C1c1cccc(OC)c1OC. The number of hydrogen-bond donors (Lipinski definition) is 1. The molecule has 1 aliphatic rings. The Balaban J connectivity index is 2.36. The Hall–Kier alpha value is -3.68. The first kappa shape index (κ1) is 23.0. The number of Topliss-reactive ketones (excluding diaryl/α,β-unsaturated/α-hetero) is 1. The molecule has 0 aromatic heterocycles. The molecule has 1 amide bonds. The van der Waals surface area contributed by atoms with Gasteiger partial charge in [0.15, 0.2) is 11.5 Å². The summed E-state index contributed by atoms with van der Waals surface area (Å²) in [6.07, 6.45) is 0.619. The second kappa shape index (κ2) is 9.64. The van der Waals surface area contributed by atoms with Crippen LogP contribution >= 0.6 is 0 Å². The standard InChI is InChI=1S/C24H27NO7/c1-6-13-25-20(14-9-7-12-17(31-4)23(14)32-5)19(22(27)24(25)28)21(26)18-15(29-2)10-8-11-16(18)30-3/h7-12,20,26H,6,13H2,1-5H3/b21-19+. The Morgan fingerprint density at radius 2 is 1.47 bits per heavy atom. The van der Waals surface area contributed by atoms with Gasteiger partial charge in [0, 0.05) is 12.1 Å². The topological polar surface area (TPSA) is 94.5 Å². The van der Waals surface area contributed by atoms with E-state index in [1.54, 1.807) is 36.4 Å². The lowest BCUT2D eigenvalue weighted by Gasteiger charge is -2.27. The van der Waals surface area contributed by atoms with Crippen LogP contribution in [0.5, 0.6) is 23.0 Å². The number of amides is 1. The zero-order valence-corrected chi connectivity index (χ0v) is 18.8. The number of benzene rings is 2. The van der Waals surface area contributed by atoms with E-state index in [0.717, 1.165) is 0 Å². The quantitative estimate of drug-likeness (QED) is 0.380. The summed E-state index contributed by atoms with van der Waals surface area (Å²) in [6, 6.07) is 9.31. The van der Waals surface area contributed by atoms with Crippen molar-refractivity contribution in [3.05, 3.63) is 53.1 Å². The molecular formula is C24H27NO7. The van der Waals surface area contributed by atoms with Gasteiger partial charge in [-0.25, -0.2) is 0 Å². The smallest absolute Gasteiger partial charge is 0.295 e. The van der Waals surface area contributed by atoms with Gasteiger partial charge in [-0.2, -0.15) is 0 Å². The van der Waals surface area contributed by atoms with E-state index in [2.05, 4.69) is 0 Å². The fourth-order valence-electron chi connectivity index (χ4n) is 4.02. The number of ketones is 1. The minimum absolute atomic E-state index is 0.0715. The Kier molecular flexibility index (Phi) is 6.92. The normalized spacial score (nSPS) is 17.4. The van der Waals surface area contributed by atoms with E-state index in [-0.39, 0.29) is 16.9 Å². The first-order valence-electron chi connectivity index (χ1n) is 10.2. The fraction of sp³-hybridized carbons (Fsp3) is 0.333. The zero-order valence-electron chi connectivity index (χ0n) is 18.8. The van der Waals surface area contributed by atoms with Crippen molar-refractivity contribution in [1.29, 1.82) is 0 Å². The average molecular weight is 441 g/mol. The summed E-state index contributed by atoms with van der Waals surface area (Å²) in [6.45, 7) is 2.22. The van der Waals surface area contributed by atoms with Crippen LogP contribution in [0.1, 0.15) is 30.5 Å². The summed E-state index contributed by atoms with van der Waals surface area (Å²) < 4.78 is 21.8. The molecule has 2 aromatic rings. The van der Waals surface area contributed by atoms with E-state index >= 15 is 0 Å². The molecule has 0 saturated carbocycles. The number of hydrogen-bond acceptors (Lipinski definition) is 7. The highest BCUT2D eigenvalue weighted by Gasteiger charge is 2.47. The molecule has 1 atom stereocenters. The number of aliphatic hydroxyl groups is 1. The predicted molar refractivity (Wildman–Crippen MR) is 118 cm³/mol. The van der Waals surface area contributed by atoms with Crippen LogP contribution in [0.3, 0.4) is 0 Å². The lowest BCUT2D eigenvalue weighted by Crippen LogP contribution is -2.30. The molecule has 1 unspecified atom stereocenters. The molecule has 0 bridgehead atoms. The Bertz CT molecular complexity index is 1040. The molecule has 0 aliphatic carbocycles. The molecule has 170 valence electrons. The van der Waals surface area contributed by atoms with Crippen molar-refractivity contribution in [2.24, 2.45) is 0 Å². The lowest BCUT2D eigenvalue weighted by atomic mass is 9.93. The van der Waals surface area contributed by atoms with Gasteiger partial charge >= 0.3 is 0 Å². The average Bonchev–Trinajstić information content (AvgIpc) is 3.07. The number of carbonyl (C=O) groups is 2. The predicted octanol–water partition coefficient (Wildman–Crippen LogP) is 3.55. The van der Waals surface area contributed by atoms with Crippen LogP contribution in [0.4, 0.5) is 0 Å². The molecule has 32 heavy (non-hydrogen) atoms. The molecule has 1 heterocycles. The van der Waals surface area contributed by atoms with Gasteiger partial charge in [-0.15, -0.1) is 0 Å². The second-order valence-corrected chi connectivity index (χ2v) is 7.11. The summed E-state index contributed by atoms with van der Waals surface area (Å²) in [5.74, 6) is -0.440. The van der Waals surface area contributed by atoms with Crippen LogP contribution < -0.4 is 18.9 Å². The number of likely N-dealkylation sites (tertiary alicyclic amines) is 1. The first-order chi connectivity index (χ1) is 15.4. The maximum Gasteiger partial charge on any atom is 0.295 e. The molecule has 1 saturated heterocycles. The first-order valence-corrected chi connectivity index (χ1v) is 10.2. The van der Waals surface area contributed by atoms with Crippen LogP contribution in [0.15, 0.2) is 42.0 Å². The molecule has 0 spiro atoms. The van der Waals surface area contributed by atoms with Gasteiger partial charge in [0.2, 0.25) is 0 Å². The molecule has 1 fully saturated rings. The van der Waals surface area contributed by atoms with Crippen LogP contribution in [-0.2, 0) is 9.59 Å². The van der Waals surface area contributed by atoms with Crippen LogP contribution in [0, 0.1) is 0 Å². The third-order valence-electron chi connectivity index (χ3n) is 5.40. The Labute approximate surface area is 187 Å². The summed E-state index contributed by atoms with van der Waals surface area (Å²) in [7, 11) is 5.88. The highest BCUT2D eigenvalue weighted by molar-refractivity contribution is 6.46. The number of aliphatic hydroxyl groups excluding tert-OH is 1. The summed E-state index contributed by atoms with van der Waals surface area (Å²) in [4.78, 5) is 27.6. The van der Waals surface area contributed by atoms with Gasteiger partial charge < -0.3 is 29.0 Å². The molecule has 1 N–H and O–H groups in total. The van der Waals surface area contributed by atoms with Gasteiger partial charge in [0.1, 0.15) is 22.8 Å².